The lowest BCUT2D eigenvalue weighted by Gasteiger charge is -1.80. The third kappa shape index (κ3) is 5.34. The van der Waals surface area contributed by atoms with Gasteiger partial charge in [-0.15, -0.1) is 12.1 Å². The molecule has 0 aliphatic rings. The fourth-order valence-electron chi connectivity index (χ4n) is 0.401. The SMILES string of the molecule is C/C=C/B/C=C\NC. The first-order valence-corrected chi connectivity index (χ1v) is 2.85. The topological polar surface area (TPSA) is 12.0 Å². The molecule has 0 aliphatic carbocycles. The zero-order valence-electron chi connectivity index (χ0n) is 5.52. The quantitative estimate of drug-likeness (QED) is 0.524. The maximum absolute atomic E-state index is 2.91. The third-order valence-electron chi connectivity index (χ3n) is 0.792. The molecular weight excluding hydrogens is 96.9 g/mol. The smallest absolute Gasteiger partial charge is 0.175 e. The Morgan fingerprint density at radius 1 is 1.38 bits per heavy atom. The number of allylic oxidation sites excluding steroid dienone is 1. The van der Waals surface area contributed by atoms with Gasteiger partial charge in [0.15, 0.2) is 7.28 Å². The van der Waals surface area contributed by atoms with Gasteiger partial charge in [0.1, 0.15) is 0 Å². The van der Waals surface area contributed by atoms with E-state index in [0.717, 1.165) is 7.28 Å². The van der Waals surface area contributed by atoms with E-state index in [1.807, 2.05) is 26.2 Å². The van der Waals surface area contributed by atoms with Gasteiger partial charge in [-0.1, -0.05) is 5.98 Å². The summed E-state index contributed by atoms with van der Waals surface area (Å²) in [7, 11) is 2.92. The molecule has 1 nitrogen and oxygen atoms in total. The van der Waals surface area contributed by atoms with Crippen LogP contribution < -0.4 is 5.32 Å². The molecule has 0 bridgehead atoms. The zero-order valence-corrected chi connectivity index (χ0v) is 5.52. The van der Waals surface area contributed by atoms with E-state index in [1.165, 1.54) is 0 Å². The predicted octanol–water partition coefficient (Wildman–Crippen LogP) is 0.647. The van der Waals surface area contributed by atoms with Gasteiger partial charge in [-0.3, -0.25) is 0 Å². The van der Waals surface area contributed by atoms with Gasteiger partial charge in [0.25, 0.3) is 0 Å². The van der Waals surface area contributed by atoms with Gasteiger partial charge in [0.05, 0.1) is 0 Å². The Hall–Kier alpha value is -0.655. The largest absolute Gasteiger partial charge is 0.395 e. The van der Waals surface area contributed by atoms with Gasteiger partial charge in [-0.05, 0) is 13.1 Å². The van der Waals surface area contributed by atoms with E-state index in [2.05, 4.69) is 17.3 Å². The highest BCUT2D eigenvalue weighted by Gasteiger charge is 1.68. The van der Waals surface area contributed by atoms with Crippen molar-refractivity contribution in [2.75, 3.05) is 7.05 Å². The Balaban J connectivity index is 3.03. The molecule has 0 aromatic heterocycles. The van der Waals surface area contributed by atoms with E-state index >= 15 is 0 Å². The number of nitrogens with one attached hydrogen (secondary N) is 1. The fourth-order valence-corrected chi connectivity index (χ4v) is 0.401. The average Bonchev–Trinajstić information content (AvgIpc) is 1.81. The molecule has 0 amide bonds. The lowest BCUT2D eigenvalue weighted by molar-refractivity contribution is 1.11. The average molecular weight is 109 g/mol. The van der Waals surface area contributed by atoms with E-state index in [0.29, 0.717) is 0 Å². The van der Waals surface area contributed by atoms with Crippen LogP contribution in [0, 0.1) is 0 Å². The number of hydrogen-bond acceptors (Lipinski definition) is 1. The lowest BCUT2D eigenvalue weighted by atomic mass is 9.79. The van der Waals surface area contributed by atoms with E-state index in [-0.39, 0.29) is 0 Å². The minimum absolute atomic E-state index is 1.03. The standard InChI is InChI=1S/C6H12BN/c1-3-4-7-5-6-8-2/h3-8H,1-2H3/b4-3+,6-5-. The second-order valence-electron chi connectivity index (χ2n) is 1.50. The van der Waals surface area contributed by atoms with Crippen LogP contribution in [0.3, 0.4) is 0 Å². The van der Waals surface area contributed by atoms with Crippen molar-refractivity contribution in [2.45, 2.75) is 6.92 Å². The molecule has 0 atom stereocenters. The van der Waals surface area contributed by atoms with Gasteiger partial charge in [0, 0.05) is 7.05 Å². The molecule has 0 heterocycles. The molecule has 0 fully saturated rings. The molecular formula is C6H12BN. The molecule has 0 aromatic carbocycles. The van der Waals surface area contributed by atoms with Crippen LogP contribution in [0.2, 0.25) is 0 Å². The van der Waals surface area contributed by atoms with E-state index in [9.17, 15) is 0 Å². The first-order chi connectivity index (χ1) is 3.91. The second kappa shape index (κ2) is 6.34. The predicted molar refractivity (Wildman–Crippen MR) is 40.2 cm³/mol. The Morgan fingerprint density at radius 3 is 2.62 bits per heavy atom. The normalized spacial score (nSPS) is 10.8. The maximum atomic E-state index is 2.91. The van der Waals surface area contributed by atoms with Crippen molar-refractivity contribution in [1.29, 1.82) is 0 Å². The van der Waals surface area contributed by atoms with Crippen LogP contribution >= 0.6 is 0 Å². The Kier molecular flexibility index (Phi) is 5.83. The van der Waals surface area contributed by atoms with Gasteiger partial charge in [0.2, 0.25) is 0 Å². The molecule has 0 radical (unpaired) electrons. The number of hydrogen-bond donors (Lipinski definition) is 1. The second-order valence-corrected chi connectivity index (χ2v) is 1.50. The highest BCUT2D eigenvalue weighted by molar-refractivity contribution is 6.48. The van der Waals surface area contributed by atoms with Crippen LogP contribution in [0.4, 0.5) is 0 Å². The van der Waals surface area contributed by atoms with Gasteiger partial charge < -0.3 is 5.32 Å². The Bertz CT molecular complexity index is 86.5. The highest BCUT2D eigenvalue weighted by atomic mass is 14.8. The van der Waals surface area contributed by atoms with Gasteiger partial charge >= 0.3 is 0 Å². The molecule has 2 heteroatoms. The van der Waals surface area contributed by atoms with Gasteiger partial charge in [-0.2, -0.15) is 0 Å². The zero-order chi connectivity index (χ0) is 6.24. The molecule has 0 unspecified atom stereocenters. The minimum Gasteiger partial charge on any atom is -0.395 e. The summed E-state index contributed by atoms with van der Waals surface area (Å²) in [4.78, 5) is 0. The van der Waals surface area contributed by atoms with Crippen LogP contribution in [-0.2, 0) is 0 Å². The molecule has 0 aromatic rings. The van der Waals surface area contributed by atoms with E-state index < -0.39 is 0 Å². The summed E-state index contributed by atoms with van der Waals surface area (Å²) in [5.74, 6) is 4.17. The van der Waals surface area contributed by atoms with Crippen molar-refractivity contribution >= 4 is 7.28 Å². The van der Waals surface area contributed by atoms with Crippen molar-refractivity contribution in [3.8, 4) is 0 Å². The summed E-state index contributed by atoms with van der Waals surface area (Å²) in [6.07, 6.45) is 3.97. The molecule has 8 heavy (non-hydrogen) atoms. The molecule has 1 N–H and O–H groups in total. The van der Waals surface area contributed by atoms with Crippen LogP contribution in [-0.4, -0.2) is 14.3 Å². The van der Waals surface area contributed by atoms with Crippen molar-refractivity contribution in [2.24, 2.45) is 0 Å². The van der Waals surface area contributed by atoms with Crippen molar-refractivity contribution in [3.63, 3.8) is 0 Å². The van der Waals surface area contributed by atoms with E-state index in [4.69, 9.17) is 0 Å². The van der Waals surface area contributed by atoms with Crippen LogP contribution in [0.5, 0.6) is 0 Å². The summed E-state index contributed by atoms with van der Waals surface area (Å²) < 4.78 is 0. The molecule has 44 valence electrons. The molecule has 0 rings (SSSR count). The summed E-state index contributed by atoms with van der Waals surface area (Å²) in [6, 6.07) is 0. The minimum atomic E-state index is 1.03. The highest BCUT2D eigenvalue weighted by Crippen LogP contribution is 1.68. The lowest BCUT2D eigenvalue weighted by Crippen LogP contribution is -1.92. The molecule has 0 aliphatic heterocycles. The first kappa shape index (κ1) is 7.34. The van der Waals surface area contributed by atoms with Crippen LogP contribution in [0.25, 0.3) is 0 Å². The fraction of sp³-hybridized carbons (Fsp3) is 0.333. The summed E-state index contributed by atoms with van der Waals surface area (Å²) in [6.45, 7) is 2.02. The third-order valence-corrected chi connectivity index (χ3v) is 0.792. The Morgan fingerprint density at radius 2 is 2.12 bits per heavy atom. The van der Waals surface area contributed by atoms with Crippen molar-refractivity contribution in [3.05, 3.63) is 24.2 Å². The monoisotopic (exact) mass is 109 g/mol. The summed E-state index contributed by atoms with van der Waals surface area (Å²) >= 11 is 0. The summed E-state index contributed by atoms with van der Waals surface area (Å²) in [5.41, 5.74) is 0. The van der Waals surface area contributed by atoms with Crippen LogP contribution in [0.1, 0.15) is 6.92 Å². The first-order valence-electron chi connectivity index (χ1n) is 2.85. The number of rotatable bonds is 3. The maximum Gasteiger partial charge on any atom is 0.175 e. The van der Waals surface area contributed by atoms with E-state index in [1.54, 1.807) is 0 Å². The summed E-state index contributed by atoms with van der Waals surface area (Å²) in [5, 5.41) is 2.91. The van der Waals surface area contributed by atoms with Crippen molar-refractivity contribution in [1.82, 2.24) is 5.32 Å². The molecule has 0 saturated heterocycles. The van der Waals surface area contributed by atoms with Gasteiger partial charge in [-0.25, -0.2) is 0 Å². The van der Waals surface area contributed by atoms with Crippen molar-refractivity contribution < 1.29 is 0 Å². The Labute approximate surface area is 51.7 Å². The van der Waals surface area contributed by atoms with Crippen LogP contribution in [0.15, 0.2) is 24.2 Å². The molecule has 0 spiro atoms. The molecule has 0 saturated carbocycles.